The first-order chi connectivity index (χ1) is 5.52. The third-order valence-corrected chi connectivity index (χ3v) is 1.10. The van der Waals surface area contributed by atoms with E-state index in [0.717, 1.165) is 0 Å². The van der Waals surface area contributed by atoms with Gasteiger partial charge in [0.05, 0.1) is 0 Å². The number of carboxylic acid groups (broad SMARTS) is 1. The SMILES string of the molecule is O=C(O)c1[nH]c(=O)[nH]c(=O)c1F.[H-].[Na+]. The number of aromatic carboxylic acids is 1. The van der Waals surface area contributed by atoms with Gasteiger partial charge in [0.25, 0.3) is 5.56 Å². The Bertz CT molecular complexity index is 442. The van der Waals surface area contributed by atoms with Crippen molar-refractivity contribution in [1.82, 2.24) is 9.97 Å². The van der Waals surface area contributed by atoms with Crippen molar-refractivity contribution >= 4 is 5.97 Å². The van der Waals surface area contributed by atoms with Crippen LogP contribution in [0.5, 0.6) is 0 Å². The van der Waals surface area contributed by atoms with Crippen LogP contribution < -0.4 is 40.8 Å². The van der Waals surface area contributed by atoms with Crippen LogP contribution in [0.1, 0.15) is 11.9 Å². The van der Waals surface area contributed by atoms with Crippen LogP contribution in [0.4, 0.5) is 4.39 Å². The third-order valence-electron chi connectivity index (χ3n) is 1.10. The molecule has 66 valence electrons. The van der Waals surface area contributed by atoms with Crippen LogP contribution in [0.2, 0.25) is 0 Å². The fourth-order valence-electron chi connectivity index (χ4n) is 0.619. The van der Waals surface area contributed by atoms with Crippen LogP contribution in [0.25, 0.3) is 0 Å². The summed E-state index contributed by atoms with van der Waals surface area (Å²) in [5.74, 6) is -3.21. The van der Waals surface area contributed by atoms with Gasteiger partial charge in [0.15, 0.2) is 5.69 Å². The Labute approximate surface area is 93.6 Å². The molecule has 1 aromatic rings. The smallest absolute Gasteiger partial charge is 1.00 e. The number of aromatic amines is 2. The second kappa shape index (κ2) is 4.35. The molecule has 1 rings (SSSR count). The molecular formula is C5H4FN2NaO4. The zero-order valence-corrected chi connectivity index (χ0v) is 8.55. The summed E-state index contributed by atoms with van der Waals surface area (Å²) in [7, 11) is 0. The Balaban J connectivity index is 0. The van der Waals surface area contributed by atoms with Gasteiger partial charge in [-0.1, -0.05) is 0 Å². The zero-order valence-electron chi connectivity index (χ0n) is 7.55. The summed E-state index contributed by atoms with van der Waals surface area (Å²) in [4.78, 5) is 34.2. The molecule has 0 aliphatic rings. The average molecular weight is 198 g/mol. The van der Waals surface area contributed by atoms with Gasteiger partial charge < -0.3 is 6.53 Å². The Morgan fingerprint density at radius 3 is 2.38 bits per heavy atom. The maximum atomic E-state index is 12.5. The van der Waals surface area contributed by atoms with Crippen LogP contribution >= 0.6 is 0 Å². The molecule has 0 bridgehead atoms. The maximum absolute atomic E-state index is 12.5. The number of carbonyl (C=O) groups is 1. The first-order valence-electron chi connectivity index (χ1n) is 2.77. The summed E-state index contributed by atoms with van der Waals surface area (Å²) in [6.45, 7) is 0. The van der Waals surface area contributed by atoms with Crippen molar-refractivity contribution in [2.24, 2.45) is 0 Å². The van der Waals surface area contributed by atoms with E-state index in [1.54, 1.807) is 4.98 Å². The van der Waals surface area contributed by atoms with E-state index >= 15 is 0 Å². The molecule has 0 atom stereocenters. The van der Waals surface area contributed by atoms with Crippen molar-refractivity contribution in [3.63, 3.8) is 0 Å². The summed E-state index contributed by atoms with van der Waals surface area (Å²) in [5.41, 5.74) is -3.45. The van der Waals surface area contributed by atoms with Gasteiger partial charge in [-0.2, -0.15) is 4.39 Å². The zero-order chi connectivity index (χ0) is 9.30. The molecule has 3 N–H and O–H groups in total. The molecule has 0 unspecified atom stereocenters. The molecule has 1 heterocycles. The van der Waals surface area contributed by atoms with Gasteiger partial charge >= 0.3 is 41.2 Å². The fourth-order valence-corrected chi connectivity index (χ4v) is 0.619. The molecule has 0 aromatic carbocycles. The predicted molar refractivity (Wildman–Crippen MR) is 35.7 cm³/mol. The minimum Gasteiger partial charge on any atom is -1.00 e. The van der Waals surface area contributed by atoms with Crippen LogP contribution in [-0.2, 0) is 0 Å². The van der Waals surface area contributed by atoms with Crippen molar-refractivity contribution in [1.29, 1.82) is 0 Å². The van der Waals surface area contributed by atoms with Gasteiger partial charge in [-0.25, -0.2) is 9.59 Å². The topological polar surface area (TPSA) is 103 Å². The maximum Gasteiger partial charge on any atom is 1.00 e. The van der Waals surface area contributed by atoms with Crippen molar-refractivity contribution < 1.29 is 45.3 Å². The number of nitrogens with one attached hydrogen (secondary N) is 2. The van der Waals surface area contributed by atoms with Gasteiger partial charge in [-0.05, 0) is 0 Å². The Morgan fingerprint density at radius 1 is 1.38 bits per heavy atom. The summed E-state index contributed by atoms with van der Waals surface area (Å²) < 4.78 is 12.5. The largest absolute Gasteiger partial charge is 1.00 e. The normalized spacial score (nSPS) is 9.00. The van der Waals surface area contributed by atoms with Gasteiger partial charge in [-0.3, -0.25) is 14.8 Å². The van der Waals surface area contributed by atoms with E-state index < -0.39 is 28.7 Å². The van der Waals surface area contributed by atoms with Crippen LogP contribution in [0, 0.1) is 5.82 Å². The van der Waals surface area contributed by atoms with Crippen LogP contribution in [-0.4, -0.2) is 21.0 Å². The number of aromatic nitrogens is 2. The fraction of sp³-hybridized carbons (Fsp3) is 0. The molecule has 13 heavy (non-hydrogen) atoms. The molecule has 1 aromatic heterocycles. The molecule has 0 fully saturated rings. The molecule has 0 spiro atoms. The summed E-state index contributed by atoms with van der Waals surface area (Å²) in [6, 6.07) is 0. The van der Waals surface area contributed by atoms with Gasteiger partial charge in [0.2, 0.25) is 5.82 Å². The van der Waals surface area contributed by atoms with E-state index in [4.69, 9.17) is 5.11 Å². The summed E-state index contributed by atoms with van der Waals surface area (Å²) >= 11 is 0. The van der Waals surface area contributed by atoms with E-state index in [2.05, 4.69) is 0 Å². The minimum absolute atomic E-state index is 0. The average Bonchev–Trinajstić information content (AvgIpc) is 1.96. The van der Waals surface area contributed by atoms with E-state index in [1.807, 2.05) is 0 Å². The van der Waals surface area contributed by atoms with Crippen molar-refractivity contribution in [2.75, 3.05) is 0 Å². The van der Waals surface area contributed by atoms with Crippen LogP contribution in [0.3, 0.4) is 0 Å². The molecule has 0 saturated carbocycles. The first kappa shape index (κ1) is 12.1. The minimum atomic E-state index is -1.70. The monoisotopic (exact) mass is 198 g/mol. The standard InChI is InChI=1S/C5H3FN2O4.Na.H/c6-1-2(4(10)11)7-5(12)8-3(1)9;;/h(H,10,11)(H2,7,8,9,12);;/q;+1;-1. The number of rotatable bonds is 1. The predicted octanol–water partition coefficient (Wildman–Crippen LogP) is -3.98. The van der Waals surface area contributed by atoms with Crippen molar-refractivity contribution in [3.05, 3.63) is 32.3 Å². The third kappa shape index (κ3) is 2.51. The number of hydrogen-bond acceptors (Lipinski definition) is 3. The summed E-state index contributed by atoms with van der Waals surface area (Å²) in [5, 5.41) is 8.25. The van der Waals surface area contributed by atoms with E-state index in [9.17, 15) is 18.8 Å². The second-order valence-corrected chi connectivity index (χ2v) is 1.90. The summed E-state index contributed by atoms with van der Waals surface area (Å²) in [6.07, 6.45) is 0. The van der Waals surface area contributed by atoms with Gasteiger partial charge in [-0.15, -0.1) is 0 Å². The second-order valence-electron chi connectivity index (χ2n) is 1.90. The number of hydrogen-bond donors (Lipinski definition) is 3. The Hall–Kier alpha value is -0.920. The number of carboxylic acids is 1. The molecule has 0 aliphatic carbocycles. The molecule has 8 heteroatoms. The quantitative estimate of drug-likeness (QED) is 0.400. The molecule has 0 aliphatic heterocycles. The first-order valence-corrected chi connectivity index (χ1v) is 2.77. The molecule has 0 saturated heterocycles. The van der Waals surface area contributed by atoms with Crippen molar-refractivity contribution in [2.45, 2.75) is 0 Å². The van der Waals surface area contributed by atoms with E-state index in [1.165, 1.54) is 4.98 Å². The Morgan fingerprint density at radius 2 is 1.92 bits per heavy atom. The van der Waals surface area contributed by atoms with Crippen LogP contribution in [0.15, 0.2) is 9.59 Å². The van der Waals surface area contributed by atoms with Crippen molar-refractivity contribution in [3.8, 4) is 0 Å². The van der Waals surface area contributed by atoms with Gasteiger partial charge in [0.1, 0.15) is 0 Å². The number of H-pyrrole nitrogens is 2. The molecule has 6 nitrogen and oxygen atoms in total. The molecule has 0 amide bonds. The Kier molecular flexibility index (Phi) is 4.05. The molecule has 0 radical (unpaired) electrons. The van der Waals surface area contributed by atoms with E-state index in [-0.39, 0.29) is 31.0 Å². The van der Waals surface area contributed by atoms with E-state index in [0.29, 0.717) is 0 Å². The number of halogens is 1. The molecular weight excluding hydrogens is 194 g/mol. The van der Waals surface area contributed by atoms with Gasteiger partial charge in [0, 0.05) is 0 Å².